The van der Waals surface area contributed by atoms with Gasteiger partial charge in [0.2, 0.25) is 0 Å². The van der Waals surface area contributed by atoms with Crippen LogP contribution in [0, 0.1) is 12.8 Å². The minimum absolute atomic E-state index is 0.428. The van der Waals surface area contributed by atoms with Crippen molar-refractivity contribution >= 4 is 5.82 Å². The summed E-state index contributed by atoms with van der Waals surface area (Å²) in [6.07, 6.45) is 6.40. The van der Waals surface area contributed by atoms with Gasteiger partial charge in [-0.05, 0) is 38.5 Å². The first kappa shape index (κ1) is 11.3. The van der Waals surface area contributed by atoms with Crippen LogP contribution in [0.1, 0.15) is 31.4 Å². The number of hydrogen-bond donors (Lipinski definition) is 2. The fourth-order valence-electron chi connectivity index (χ4n) is 2.19. The molecule has 0 radical (unpaired) electrons. The van der Waals surface area contributed by atoms with Gasteiger partial charge in [0.15, 0.2) is 0 Å². The van der Waals surface area contributed by atoms with E-state index in [1.807, 2.05) is 13.0 Å². The predicted octanol–water partition coefficient (Wildman–Crippen LogP) is 1.71. The minimum atomic E-state index is 0.428. The molecule has 0 atom stereocenters. The van der Waals surface area contributed by atoms with E-state index in [1.165, 1.54) is 12.8 Å². The average Bonchev–Trinajstić information content (AvgIpc) is 2.28. The summed E-state index contributed by atoms with van der Waals surface area (Å²) >= 11 is 0. The standard InChI is InChI=1S/C12H20N4/c1-9-6-12(16-8-15-9)14-7-10-2-4-11(13)5-3-10/h6,8,10-11H,2-5,7,13H2,1H3,(H,14,15,16). The van der Waals surface area contributed by atoms with E-state index in [4.69, 9.17) is 5.73 Å². The number of hydrogen-bond acceptors (Lipinski definition) is 4. The van der Waals surface area contributed by atoms with Crippen LogP contribution < -0.4 is 11.1 Å². The second-order valence-electron chi connectivity index (χ2n) is 4.71. The highest BCUT2D eigenvalue weighted by Gasteiger charge is 2.18. The first-order valence-electron chi connectivity index (χ1n) is 6.02. The molecule has 2 rings (SSSR count). The molecule has 1 aromatic heterocycles. The molecule has 1 aromatic rings. The van der Waals surface area contributed by atoms with Gasteiger partial charge in [-0.15, -0.1) is 0 Å². The van der Waals surface area contributed by atoms with Crippen LogP contribution in [-0.2, 0) is 0 Å². The Bertz CT molecular complexity index is 332. The molecule has 1 heterocycles. The van der Waals surface area contributed by atoms with Gasteiger partial charge in [0, 0.05) is 24.3 Å². The molecule has 4 nitrogen and oxygen atoms in total. The Balaban J connectivity index is 1.79. The van der Waals surface area contributed by atoms with Crippen molar-refractivity contribution in [2.75, 3.05) is 11.9 Å². The van der Waals surface area contributed by atoms with Gasteiger partial charge >= 0.3 is 0 Å². The van der Waals surface area contributed by atoms with E-state index < -0.39 is 0 Å². The summed E-state index contributed by atoms with van der Waals surface area (Å²) in [4.78, 5) is 8.27. The van der Waals surface area contributed by atoms with Crippen LogP contribution >= 0.6 is 0 Å². The molecule has 0 unspecified atom stereocenters. The van der Waals surface area contributed by atoms with E-state index in [-0.39, 0.29) is 0 Å². The molecule has 4 heteroatoms. The molecule has 0 aliphatic heterocycles. The molecule has 0 spiro atoms. The van der Waals surface area contributed by atoms with E-state index in [1.54, 1.807) is 6.33 Å². The highest BCUT2D eigenvalue weighted by Crippen LogP contribution is 2.23. The van der Waals surface area contributed by atoms with Crippen LogP contribution in [0.3, 0.4) is 0 Å². The van der Waals surface area contributed by atoms with Crippen molar-refractivity contribution in [2.24, 2.45) is 11.7 Å². The number of aryl methyl sites for hydroxylation is 1. The molecule has 0 bridgehead atoms. The van der Waals surface area contributed by atoms with Gasteiger partial charge in [-0.2, -0.15) is 0 Å². The Morgan fingerprint density at radius 1 is 1.31 bits per heavy atom. The molecule has 1 saturated carbocycles. The maximum atomic E-state index is 5.88. The van der Waals surface area contributed by atoms with Gasteiger partial charge in [-0.25, -0.2) is 9.97 Å². The molecule has 88 valence electrons. The van der Waals surface area contributed by atoms with E-state index in [9.17, 15) is 0 Å². The molecule has 1 fully saturated rings. The van der Waals surface area contributed by atoms with Crippen LogP contribution in [-0.4, -0.2) is 22.6 Å². The maximum Gasteiger partial charge on any atom is 0.129 e. The zero-order valence-electron chi connectivity index (χ0n) is 9.82. The Morgan fingerprint density at radius 2 is 2.06 bits per heavy atom. The number of nitrogens with two attached hydrogens (primary N) is 1. The van der Waals surface area contributed by atoms with Crippen LogP contribution in [0.15, 0.2) is 12.4 Å². The zero-order valence-corrected chi connectivity index (χ0v) is 9.82. The molecule has 3 N–H and O–H groups in total. The normalized spacial score (nSPS) is 25.4. The fraction of sp³-hybridized carbons (Fsp3) is 0.667. The van der Waals surface area contributed by atoms with Gasteiger partial charge in [0.05, 0.1) is 0 Å². The Hall–Kier alpha value is -1.16. The van der Waals surface area contributed by atoms with E-state index in [2.05, 4.69) is 15.3 Å². The van der Waals surface area contributed by atoms with Crippen molar-refractivity contribution in [1.82, 2.24) is 9.97 Å². The second kappa shape index (κ2) is 5.25. The summed E-state index contributed by atoms with van der Waals surface area (Å²) in [7, 11) is 0. The van der Waals surface area contributed by atoms with Crippen molar-refractivity contribution in [3.63, 3.8) is 0 Å². The molecule has 1 aliphatic carbocycles. The molecule has 0 amide bonds. The number of aromatic nitrogens is 2. The SMILES string of the molecule is Cc1cc(NCC2CCC(N)CC2)ncn1. The summed E-state index contributed by atoms with van der Waals surface area (Å²) < 4.78 is 0. The third-order valence-electron chi connectivity index (χ3n) is 3.27. The van der Waals surface area contributed by atoms with Gasteiger partial charge < -0.3 is 11.1 Å². The quantitative estimate of drug-likeness (QED) is 0.814. The van der Waals surface area contributed by atoms with Crippen LogP contribution in [0.25, 0.3) is 0 Å². The van der Waals surface area contributed by atoms with Crippen molar-refractivity contribution in [3.05, 3.63) is 18.1 Å². The summed E-state index contributed by atoms with van der Waals surface area (Å²) in [5, 5.41) is 3.38. The third-order valence-corrected chi connectivity index (χ3v) is 3.27. The highest BCUT2D eigenvalue weighted by molar-refractivity contribution is 5.34. The van der Waals surface area contributed by atoms with Crippen LogP contribution in [0.5, 0.6) is 0 Å². The van der Waals surface area contributed by atoms with Gasteiger partial charge in [-0.3, -0.25) is 0 Å². The lowest BCUT2D eigenvalue weighted by atomic mass is 9.86. The van der Waals surface area contributed by atoms with Crippen molar-refractivity contribution in [3.8, 4) is 0 Å². The number of nitrogens with zero attached hydrogens (tertiary/aromatic N) is 2. The van der Waals surface area contributed by atoms with Crippen molar-refractivity contribution < 1.29 is 0 Å². The summed E-state index contributed by atoms with van der Waals surface area (Å²) in [5.74, 6) is 1.68. The number of nitrogens with one attached hydrogen (secondary N) is 1. The largest absolute Gasteiger partial charge is 0.370 e. The molecular weight excluding hydrogens is 200 g/mol. The van der Waals surface area contributed by atoms with Gasteiger partial charge in [0.25, 0.3) is 0 Å². The average molecular weight is 220 g/mol. The first-order chi connectivity index (χ1) is 7.74. The lowest BCUT2D eigenvalue weighted by Crippen LogP contribution is -2.29. The summed E-state index contributed by atoms with van der Waals surface area (Å²) in [6.45, 7) is 2.98. The third kappa shape index (κ3) is 3.17. The van der Waals surface area contributed by atoms with Gasteiger partial charge in [-0.1, -0.05) is 0 Å². The van der Waals surface area contributed by atoms with Crippen molar-refractivity contribution in [1.29, 1.82) is 0 Å². The van der Waals surface area contributed by atoms with Gasteiger partial charge in [0.1, 0.15) is 12.1 Å². The maximum absolute atomic E-state index is 5.88. The molecule has 1 aliphatic rings. The fourth-order valence-corrected chi connectivity index (χ4v) is 2.19. The number of anilines is 1. The molecule has 0 saturated heterocycles. The predicted molar refractivity (Wildman–Crippen MR) is 65.2 cm³/mol. The topological polar surface area (TPSA) is 63.8 Å². The lowest BCUT2D eigenvalue weighted by Gasteiger charge is -2.26. The highest BCUT2D eigenvalue weighted by atomic mass is 15.0. The number of rotatable bonds is 3. The zero-order chi connectivity index (χ0) is 11.4. The Morgan fingerprint density at radius 3 is 2.75 bits per heavy atom. The van der Waals surface area contributed by atoms with Crippen LogP contribution in [0.2, 0.25) is 0 Å². The monoisotopic (exact) mass is 220 g/mol. The molecule has 16 heavy (non-hydrogen) atoms. The Kier molecular flexibility index (Phi) is 3.72. The summed E-state index contributed by atoms with van der Waals surface area (Å²) in [5.41, 5.74) is 6.89. The van der Waals surface area contributed by atoms with E-state index in [0.29, 0.717) is 6.04 Å². The molecule has 0 aromatic carbocycles. The summed E-state index contributed by atoms with van der Waals surface area (Å²) in [6, 6.07) is 2.41. The molecular formula is C12H20N4. The first-order valence-corrected chi connectivity index (χ1v) is 6.02. The van der Waals surface area contributed by atoms with Crippen LogP contribution in [0.4, 0.5) is 5.82 Å². The van der Waals surface area contributed by atoms with E-state index >= 15 is 0 Å². The minimum Gasteiger partial charge on any atom is -0.370 e. The Labute approximate surface area is 96.7 Å². The van der Waals surface area contributed by atoms with Crippen molar-refractivity contribution in [2.45, 2.75) is 38.6 Å². The van der Waals surface area contributed by atoms with E-state index in [0.717, 1.165) is 36.8 Å². The lowest BCUT2D eigenvalue weighted by molar-refractivity contribution is 0.338. The second-order valence-corrected chi connectivity index (χ2v) is 4.71. The smallest absolute Gasteiger partial charge is 0.129 e.